The van der Waals surface area contributed by atoms with Crippen LogP contribution in [-0.4, -0.2) is 21.7 Å². The van der Waals surface area contributed by atoms with E-state index in [9.17, 15) is 9.59 Å². The number of rotatable bonds is 6. The molecular weight excluding hydrogens is 470 g/mol. The number of carbonyl (C=O) groups is 1. The van der Waals surface area contributed by atoms with Crippen LogP contribution in [0.2, 0.25) is 0 Å². The lowest BCUT2D eigenvalue weighted by Crippen LogP contribution is -2.39. The van der Waals surface area contributed by atoms with Gasteiger partial charge in [0.25, 0.3) is 5.56 Å². The first-order valence-electron chi connectivity index (χ1n) is 11.9. The zero-order valence-electron chi connectivity index (χ0n) is 20.5. The number of hydrogen-bond donors (Lipinski definition) is 0. The van der Waals surface area contributed by atoms with E-state index in [2.05, 4.69) is 35.2 Å². The Balaban J connectivity index is 1.77. The highest BCUT2D eigenvalue weighted by Crippen LogP contribution is 2.31. The Hall–Kier alpha value is -3.97. The highest BCUT2D eigenvalue weighted by molar-refractivity contribution is 7.07. The van der Waals surface area contributed by atoms with Crippen LogP contribution in [0.5, 0.6) is 0 Å². The smallest absolute Gasteiger partial charge is 0.338 e. The number of aromatic nitrogens is 2. The van der Waals surface area contributed by atoms with Gasteiger partial charge in [-0.15, -0.1) is 6.58 Å². The second kappa shape index (κ2) is 9.59. The zero-order valence-corrected chi connectivity index (χ0v) is 21.3. The predicted octanol–water partition coefficient (Wildman–Crippen LogP) is 4.25. The molecule has 3 heterocycles. The second-order valence-electron chi connectivity index (χ2n) is 8.63. The fourth-order valence-electron chi connectivity index (χ4n) is 4.88. The maximum absolute atomic E-state index is 13.9. The molecule has 0 fully saturated rings. The molecule has 7 heteroatoms. The van der Waals surface area contributed by atoms with Crippen molar-refractivity contribution >= 4 is 34.3 Å². The molecule has 1 aliphatic heterocycles. The minimum absolute atomic E-state index is 0.179. The number of allylic oxidation sites excluding steroid dienone is 2. The van der Waals surface area contributed by atoms with Gasteiger partial charge in [0.05, 0.1) is 28.5 Å². The van der Waals surface area contributed by atoms with Crippen molar-refractivity contribution in [2.45, 2.75) is 33.4 Å². The van der Waals surface area contributed by atoms with Gasteiger partial charge in [0.15, 0.2) is 4.80 Å². The third kappa shape index (κ3) is 3.85. The van der Waals surface area contributed by atoms with E-state index in [-0.39, 0.29) is 12.2 Å². The third-order valence-corrected chi connectivity index (χ3v) is 7.48. The number of fused-ring (bicyclic) bond motifs is 2. The maximum atomic E-state index is 13.9. The van der Waals surface area contributed by atoms with E-state index in [0.29, 0.717) is 27.1 Å². The van der Waals surface area contributed by atoms with Crippen LogP contribution in [0, 0.1) is 6.92 Å². The molecule has 2 aromatic heterocycles. The first-order chi connectivity index (χ1) is 17.5. The van der Waals surface area contributed by atoms with E-state index < -0.39 is 12.0 Å². The number of nitrogens with zero attached hydrogens (tertiary/aromatic N) is 3. The molecule has 6 nitrogen and oxygen atoms in total. The Labute approximate surface area is 212 Å². The molecule has 1 atom stereocenters. The lowest BCUT2D eigenvalue weighted by atomic mass is 9.96. The number of benzene rings is 2. The summed E-state index contributed by atoms with van der Waals surface area (Å²) >= 11 is 1.34. The largest absolute Gasteiger partial charge is 0.463 e. The van der Waals surface area contributed by atoms with Gasteiger partial charge in [-0.1, -0.05) is 65.9 Å². The van der Waals surface area contributed by atoms with E-state index in [1.807, 2.05) is 54.6 Å². The summed E-state index contributed by atoms with van der Waals surface area (Å²) in [6, 6.07) is 17.1. The first-order valence-corrected chi connectivity index (χ1v) is 12.7. The van der Waals surface area contributed by atoms with Crippen LogP contribution in [0.15, 0.2) is 88.3 Å². The van der Waals surface area contributed by atoms with E-state index in [0.717, 1.165) is 27.7 Å². The quantitative estimate of drug-likeness (QED) is 0.296. The topological polar surface area (TPSA) is 65.6 Å². The van der Waals surface area contributed by atoms with Crippen molar-refractivity contribution < 1.29 is 9.53 Å². The van der Waals surface area contributed by atoms with Gasteiger partial charge in [0, 0.05) is 28.7 Å². The molecule has 0 aliphatic carbocycles. The molecule has 2 aromatic carbocycles. The molecule has 0 spiro atoms. The van der Waals surface area contributed by atoms with Gasteiger partial charge in [-0.05, 0) is 38.5 Å². The summed E-state index contributed by atoms with van der Waals surface area (Å²) in [5.41, 5.74) is 4.76. The lowest BCUT2D eigenvalue weighted by Gasteiger charge is -2.24. The van der Waals surface area contributed by atoms with Crippen LogP contribution in [0.25, 0.3) is 17.0 Å². The first kappa shape index (κ1) is 23.8. The summed E-state index contributed by atoms with van der Waals surface area (Å²) in [5.74, 6) is -0.453. The number of ether oxygens (including phenoxy) is 1. The standard InChI is InChI=1S/C29H27N3O3S/c1-5-16-31-19(4)22(21-14-10-11-15-23(21)31)17-24-27(33)32-26(20-12-8-7-9-13-20)25(28(34)35-6-2)18(3)30-29(32)36-24/h5,7-15,17,26H,1,6,16H2,2-4H3/b24-17-/t26-/m1/s1. The molecular formula is C29H27N3O3S. The van der Waals surface area contributed by atoms with Gasteiger partial charge in [0.2, 0.25) is 0 Å². The number of esters is 1. The van der Waals surface area contributed by atoms with Gasteiger partial charge >= 0.3 is 5.97 Å². The Kier molecular flexibility index (Phi) is 6.33. The average molecular weight is 498 g/mol. The second-order valence-corrected chi connectivity index (χ2v) is 9.64. The monoisotopic (exact) mass is 497 g/mol. The molecule has 4 aromatic rings. The summed E-state index contributed by atoms with van der Waals surface area (Å²) in [7, 11) is 0. The molecule has 0 unspecified atom stereocenters. The average Bonchev–Trinajstić information content (AvgIpc) is 3.33. The molecule has 0 saturated carbocycles. The Bertz CT molecular complexity index is 1700. The van der Waals surface area contributed by atoms with Crippen molar-refractivity contribution in [1.29, 1.82) is 0 Å². The summed E-state index contributed by atoms with van der Waals surface area (Å²) in [4.78, 5) is 32.1. The molecule has 5 rings (SSSR count). The van der Waals surface area contributed by atoms with Gasteiger partial charge in [-0.2, -0.15) is 0 Å². The number of thiazole rings is 1. The number of carbonyl (C=O) groups excluding carboxylic acids is 1. The van der Waals surface area contributed by atoms with Gasteiger partial charge in [0.1, 0.15) is 0 Å². The normalized spacial score (nSPS) is 15.6. The van der Waals surface area contributed by atoms with E-state index in [1.54, 1.807) is 18.4 Å². The molecule has 0 saturated heterocycles. The van der Waals surface area contributed by atoms with Gasteiger partial charge in [-0.3, -0.25) is 9.36 Å². The van der Waals surface area contributed by atoms with Crippen molar-refractivity contribution in [1.82, 2.24) is 9.13 Å². The van der Waals surface area contributed by atoms with Crippen molar-refractivity contribution in [3.8, 4) is 0 Å². The minimum atomic E-state index is -0.605. The molecule has 0 N–H and O–H groups in total. The predicted molar refractivity (Wildman–Crippen MR) is 144 cm³/mol. The van der Waals surface area contributed by atoms with Crippen molar-refractivity contribution in [2.75, 3.05) is 6.61 Å². The Morgan fingerprint density at radius 3 is 2.58 bits per heavy atom. The van der Waals surface area contributed by atoms with Crippen LogP contribution in [0.1, 0.15) is 36.7 Å². The Morgan fingerprint density at radius 2 is 1.86 bits per heavy atom. The van der Waals surface area contributed by atoms with E-state index in [4.69, 9.17) is 4.74 Å². The molecule has 0 radical (unpaired) electrons. The van der Waals surface area contributed by atoms with Crippen molar-refractivity contribution in [3.05, 3.63) is 115 Å². The number of para-hydroxylation sites is 1. The minimum Gasteiger partial charge on any atom is -0.463 e. The molecule has 182 valence electrons. The summed E-state index contributed by atoms with van der Waals surface area (Å²) in [6.45, 7) is 10.4. The molecule has 0 amide bonds. The number of hydrogen-bond acceptors (Lipinski definition) is 5. The molecule has 0 bridgehead atoms. The fourth-order valence-corrected chi connectivity index (χ4v) is 5.91. The highest BCUT2D eigenvalue weighted by Gasteiger charge is 2.33. The van der Waals surface area contributed by atoms with E-state index >= 15 is 0 Å². The zero-order chi connectivity index (χ0) is 25.4. The maximum Gasteiger partial charge on any atom is 0.338 e. The SMILES string of the molecule is C=CCn1c(C)c(/C=c2\sc3n(c2=O)[C@H](c2ccccc2)C(C(=O)OCC)=C(C)N=3)c2ccccc21. The summed E-state index contributed by atoms with van der Waals surface area (Å²) in [5, 5.41) is 1.07. The van der Waals surface area contributed by atoms with Crippen molar-refractivity contribution in [3.63, 3.8) is 0 Å². The van der Waals surface area contributed by atoms with E-state index in [1.165, 1.54) is 11.3 Å². The highest BCUT2D eigenvalue weighted by atomic mass is 32.1. The van der Waals surface area contributed by atoms with Crippen LogP contribution in [-0.2, 0) is 16.1 Å². The summed E-state index contributed by atoms with van der Waals surface area (Å²) < 4.78 is 9.75. The molecule has 1 aliphatic rings. The van der Waals surface area contributed by atoms with Crippen LogP contribution < -0.4 is 14.9 Å². The Morgan fingerprint density at radius 1 is 1.14 bits per heavy atom. The van der Waals surface area contributed by atoms with Gasteiger partial charge < -0.3 is 9.30 Å². The molecule has 36 heavy (non-hydrogen) atoms. The van der Waals surface area contributed by atoms with Crippen LogP contribution in [0.3, 0.4) is 0 Å². The summed E-state index contributed by atoms with van der Waals surface area (Å²) in [6.07, 6.45) is 3.82. The van der Waals surface area contributed by atoms with Crippen LogP contribution in [0.4, 0.5) is 0 Å². The van der Waals surface area contributed by atoms with Crippen LogP contribution >= 0.6 is 11.3 Å². The van der Waals surface area contributed by atoms with Crippen molar-refractivity contribution in [2.24, 2.45) is 4.99 Å². The fraction of sp³-hybridized carbons (Fsp3) is 0.207. The van der Waals surface area contributed by atoms with Gasteiger partial charge in [-0.25, -0.2) is 9.79 Å². The lowest BCUT2D eigenvalue weighted by molar-refractivity contribution is -0.139. The third-order valence-electron chi connectivity index (χ3n) is 6.50.